The zero-order chi connectivity index (χ0) is 25.1. The molecule has 0 heterocycles. The van der Waals surface area contributed by atoms with E-state index in [2.05, 4.69) is 9.98 Å². The molecule has 2 rings (SSSR count). The summed E-state index contributed by atoms with van der Waals surface area (Å²) in [6, 6.07) is 13.7. The van der Waals surface area contributed by atoms with Gasteiger partial charge in [-0.3, -0.25) is 34.0 Å². The lowest BCUT2D eigenvalue weighted by Crippen LogP contribution is -2.01. The average Bonchev–Trinajstić information content (AvgIpc) is 2.80. The molecule has 0 fully saturated rings. The highest BCUT2D eigenvalue weighted by molar-refractivity contribution is 5.95. The van der Waals surface area contributed by atoms with E-state index in [1.165, 1.54) is 12.4 Å². The van der Waals surface area contributed by atoms with E-state index in [4.69, 9.17) is 15.3 Å². The quantitative estimate of drug-likeness (QED) is 0.381. The van der Waals surface area contributed by atoms with E-state index in [0.29, 0.717) is 34.8 Å². The zero-order valence-corrected chi connectivity index (χ0v) is 17.8. The highest BCUT2D eigenvalue weighted by Crippen LogP contribution is 2.03. The average molecular weight is 456 g/mol. The molecule has 0 unspecified atom stereocenters. The number of carbonyl (C=O) groups is 5. The van der Waals surface area contributed by atoms with Crippen LogP contribution in [0.1, 0.15) is 45.2 Å². The van der Waals surface area contributed by atoms with Crippen molar-refractivity contribution in [3.05, 3.63) is 70.8 Å². The van der Waals surface area contributed by atoms with Crippen molar-refractivity contribution in [2.75, 3.05) is 13.1 Å². The van der Waals surface area contributed by atoms with Gasteiger partial charge in [0.2, 0.25) is 0 Å². The Morgan fingerprint density at radius 1 is 0.667 bits per heavy atom. The number of nitrogens with zero attached hydrogens (tertiary/aromatic N) is 2. The molecule has 3 N–H and O–H groups in total. The lowest BCUT2D eigenvalue weighted by atomic mass is 10.1. The molecule has 0 saturated carbocycles. The molecule has 2 aromatic rings. The highest BCUT2D eigenvalue weighted by Gasteiger charge is 1.98. The Morgan fingerprint density at radius 2 is 0.970 bits per heavy atom. The molecule has 10 heteroatoms. The minimum absolute atomic E-state index is 0.222. The van der Waals surface area contributed by atoms with Crippen molar-refractivity contribution in [1.29, 1.82) is 0 Å². The molecule has 2 aromatic carbocycles. The molecule has 174 valence electrons. The van der Waals surface area contributed by atoms with Crippen LogP contribution in [-0.4, -0.2) is 71.3 Å². The van der Waals surface area contributed by atoms with Crippen LogP contribution in [0.15, 0.2) is 58.5 Å². The molecule has 0 atom stereocenters. The summed E-state index contributed by atoms with van der Waals surface area (Å²) in [5.74, 6) is -2.77. The van der Waals surface area contributed by atoms with Crippen LogP contribution in [0.5, 0.6) is 0 Å². The number of aliphatic imine (C=N–C) groups is 2. The van der Waals surface area contributed by atoms with Crippen LogP contribution < -0.4 is 0 Å². The van der Waals surface area contributed by atoms with Crippen LogP contribution in [0.4, 0.5) is 0 Å². The van der Waals surface area contributed by atoms with Crippen LogP contribution in [0.2, 0.25) is 0 Å². The third-order valence-electron chi connectivity index (χ3n) is 3.46. The second-order valence-corrected chi connectivity index (χ2v) is 5.97. The molecule has 0 amide bonds. The minimum Gasteiger partial charge on any atom is -0.481 e. The van der Waals surface area contributed by atoms with Gasteiger partial charge in [-0.25, -0.2) is 0 Å². The number of carboxylic acid groups (broad SMARTS) is 3. The third kappa shape index (κ3) is 14.2. The van der Waals surface area contributed by atoms with Crippen LogP contribution in [0.25, 0.3) is 0 Å². The number of aliphatic carboxylic acids is 3. The molecule has 0 aliphatic carbocycles. The second kappa shape index (κ2) is 17.2. The van der Waals surface area contributed by atoms with E-state index in [0.717, 1.165) is 0 Å². The zero-order valence-electron chi connectivity index (χ0n) is 17.8. The predicted octanol–water partition coefficient (Wildman–Crippen LogP) is 2.49. The van der Waals surface area contributed by atoms with Crippen molar-refractivity contribution in [2.45, 2.75) is 13.3 Å². The molecular weight excluding hydrogens is 432 g/mol. The molecule has 0 aliphatic rings. The topological polar surface area (TPSA) is 171 Å². The standard InChI is InChI=1S/C12H12N2O4.C8H6O2.C3H6O2/c15-11(16)7-13-5-9-3-1-2-4-10(9)6-14-8-12(17)18;9-5-7-3-1-2-4-8(7)6-10;1-2-3(4)5/h1-6H,7-8H2,(H,15,16)(H,17,18);1-6H;2H2,1H3,(H,4,5). The van der Waals surface area contributed by atoms with E-state index in [1.54, 1.807) is 55.5 Å². The first-order chi connectivity index (χ1) is 15.7. The molecule has 10 nitrogen and oxygen atoms in total. The van der Waals surface area contributed by atoms with Gasteiger partial charge in [0.05, 0.1) is 0 Å². The molecule has 0 saturated heterocycles. The van der Waals surface area contributed by atoms with Crippen molar-refractivity contribution >= 4 is 42.9 Å². The van der Waals surface area contributed by atoms with Gasteiger partial charge in [0.1, 0.15) is 13.1 Å². The maximum Gasteiger partial charge on any atom is 0.325 e. The molecule has 0 aromatic heterocycles. The predicted molar refractivity (Wildman–Crippen MR) is 122 cm³/mol. The smallest absolute Gasteiger partial charge is 0.325 e. The lowest BCUT2D eigenvalue weighted by Gasteiger charge is -1.98. The number of carbonyl (C=O) groups excluding carboxylic acids is 2. The number of rotatable bonds is 9. The van der Waals surface area contributed by atoms with Gasteiger partial charge in [0, 0.05) is 41.1 Å². The van der Waals surface area contributed by atoms with E-state index in [1.807, 2.05) is 0 Å². The Hall–Kier alpha value is -4.47. The summed E-state index contributed by atoms with van der Waals surface area (Å²) in [7, 11) is 0. The van der Waals surface area contributed by atoms with Gasteiger partial charge < -0.3 is 15.3 Å². The second-order valence-electron chi connectivity index (χ2n) is 5.97. The Balaban J connectivity index is 0.000000569. The van der Waals surface area contributed by atoms with Crippen LogP contribution in [0, 0.1) is 0 Å². The van der Waals surface area contributed by atoms with E-state index < -0.39 is 17.9 Å². The largest absolute Gasteiger partial charge is 0.481 e. The van der Waals surface area contributed by atoms with Gasteiger partial charge in [-0.1, -0.05) is 55.5 Å². The monoisotopic (exact) mass is 456 g/mol. The van der Waals surface area contributed by atoms with Gasteiger partial charge >= 0.3 is 17.9 Å². The summed E-state index contributed by atoms with van der Waals surface area (Å²) in [6.45, 7) is 0.990. The van der Waals surface area contributed by atoms with E-state index >= 15 is 0 Å². The van der Waals surface area contributed by atoms with Crippen molar-refractivity contribution in [3.63, 3.8) is 0 Å². The Kier molecular flexibility index (Phi) is 14.9. The fourth-order valence-corrected chi connectivity index (χ4v) is 1.92. The molecule has 0 aliphatic heterocycles. The van der Waals surface area contributed by atoms with Gasteiger partial charge in [-0.2, -0.15) is 0 Å². The normalized spacial score (nSPS) is 9.85. The number of aldehydes is 2. The van der Waals surface area contributed by atoms with Crippen LogP contribution in [0.3, 0.4) is 0 Å². The van der Waals surface area contributed by atoms with Crippen molar-refractivity contribution in [3.8, 4) is 0 Å². The van der Waals surface area contributed by atoms with Gasteiger partial charge in [-0.15, -0.1) is 0 Å². The SMILES string of the molecule is CCC(=O)O.O=C(O)CN=Cc1ccccc1C=NCC(=O)O.O=Cc1ccccc1C=O. The van der Waals surface area contributed by atoms with Crippen molar-refractivity contribution in [1.82, 2.24) is 0 Å². The number of carboxylic acids is 3. The summed E-state index contributed by atoms with van der Waals surface area (Å²) in [4.78, 5) is 57.9. The molecule has 0 spiro atoms. The van der Waals surface area contributed by atoms with Crippen molar-refractivity contribution in [2.24, 2.45) is 9.98 Å². The summed E-state index contributed by atoms with van der Waals surface area (Å²) >= 11 is 0. The summed E-state index contributed by atoms with van der Waals surface area (Å²) < 4.78 is 0. The first kappa shape index (κ1) is 28.5. The van der Waals surface area contributed by atoms with Crippen LogP contribution >= 0.6 is 0 Å². The van der Waals surface area contributed by atoms with E-state index in [9.17, 15) is 24.0 Å². The summed E-state index contributed by atoms with van der Waals surface area (Å²) in [5.41, 5.74) is 2.26. The van der Waals surface area contributed by atoms with Crippen LogP contribution in [-0.2, 0) is 14.4 Å². The Morgan fingerprint density at radius 3 is 1.21 bits per heavy atom. The first-order valence-electron chi connectivity index (χ1n) is 9.48. The summed E-state index contributed by atoms with van der Waals surface area (Å²) in [5, 5.41) is 24.6. The van der Waals surface area contributed by atoms with Gasteiger partial charge in [0.15, 0.2) is 12.6 Å². The Bertz CT molecular complexity index is 927. The van der Waals surface area contributed by atoms with Crippen molar-refractivity contribution < 1.29 is 39.3 Å². The fourth-order valence-electron chi connectivity index (χ4n) is 1.92. The molecule has 0 radical (unpaired) electrons. The third-order valence-corrected chi connectivity index (χ3v) is 3.46. The fraction of sp³-hybridized carbons (Fsp3) is 0.174. The maximum absolute atomic E-state index is 10.3. The molecule has 0 bridgehead atoms. The number of hydrogen-bond acceptors (Lipinski definition) is 7. The Labute approximate surface area is 189 Å². The number of hydrogen-bond donors (Lipinski definition) is 3. The van der Waals surface area contributed by atoms with Gasteiger partial charge in [0.25, 0.3) is 0 Å². The molecule has 33 heavy (non-hydrogen) atoms. The first-order valence-corrected chi connectivity index (χ1v) is 9.48. The van der Waals surface area contributed by atoms with E-state index in [-0.39, 0.29) is 19.5 Å². The maximum atomic E-state index is 10.3. The van der Waals surface area contributed by atoms with Gasteiger partial charge in [-0.05, 0) is 0 Å². The molecular formula is C23H24N2O8. The highest BCUT2D eigenvalue weighted by atomic mass is 16.4. The lowest BCUT2D eigenvalue weighted by molar-refractivity contribution is -0.137. The minimum atomic E-state index is -1.01. The number of benzene rings is 2. The summed E-state index contributed by atoms with van der Waals surface area (Å²) in [6.07, 6.45) is 4.42.